The predicted molar refractivity (Wildman–Crippen MR) is 114 cm³/mol. The number of esters is 2. The zero-order valence-electron chi connectivity index (χ0n) is 16.0. The van der Waals surface area contributed by atoms with Crippen LogP contribution >= 0.6 is 11.6 Å². The number of carbonyl (C=O) groups excluding carboxylic acids is 2. The molecule has 0 unspecified atom stereocenters. The Labute approximate surface area is 174 Å². The Hall–Kier alpha value is -3.37. The lowest BCUT2D eigenvalue weighted by atomic mass is 9.94. The minimum atomic E-state index is -0.387. The second kappa shape index (κ2) is 9.22. The summed E-state index contributed by atoms with van der Waals surface area (Å²) in [7, 11) is 2.70. The molecule has 0 aliphatic rings. The molecular formula is C24H19ClO4. The van der Waals surface area contributed by atoms with E-state index in [2.05, 4.69) is 0 Å². The fourth-order valence-corrected chi connectivity index (χ4v) is 2.99. The third-order valence-corrected chi connectivity index (χ3v) is 4.67. The van der Waals surface area contributed by atoms with Crippen molar-refractivity contribution in [3.8, 4) is 0 Å². The number of carbonyl (C=O) groups is 2. The maximum Gasteiger partial charge on any atom is 0.337 e. The molecule has 0 N–H and O–H groups in total. The van der Waals surface area contributed by atoms with E-state index in [9.17, 15) is 9.59 Å². The fourth-order valence-electron chi connectivity index (χ4n) is 2.87. The van der Waals surface area contributed by atoms with E-state index >= 15 is 0 Å². The molecule has 0 radical (unpaired) electrons. The van der Waals surface area contributed by atoms with Gasteiger partial charge >= 0.3 is 11.9 Å². The standard InChI is InChI=1S/C24H19ClO4/c1-28-23(26)19-9-5-17(6-10-19)22(15-16-3-13-21(25)14-4-16)18-7-11-20(12-8-18)24(27)29-2/h3-15H,1-2H3. The van der Waals surface area contributed by atoms with Gasteiger partial charge in [-0.25, -0.2) is 9.59 Å². The van der Waals surface area contributed by atoms with Gasteiger partial charge in [0, 0.05) is 5.02 Å². The van der Waals surface area contributed by atoms with Gasteiger partial charge in [-0.1, -0.05) is 48.0 Å². The molecule has 0 saturated carbocycles. The van der Waals surface area contributed by atoms with E-state index in [0.29, 0.717) is 16.1 Å². The molecule has 146 valence electrons. The van der Waals surface area contributed by atoms with Gasteiger partial charge in [-0.05, 0) is 64.7 Å². The first-order valence-electron chi connectivity index (χ1n) is 8.86. The van der Waals surface area contributed by atoms with Crippen LogP contribution in [0.2, 0.25) is 5.02 Å². The molecule has 0 heterocycles. The van der Waals surface area contributed by atoms with Crippen molar-refractivity contribution < 1.29 is 19.1 Å². The molecule has 0 aromatic heterocycles. The van der Waals surface area contributed by atoms with Gasteiger partial charge < -0.3 is 9.47 Å². The highest BCUT2D eigenvalue weighted by atomic mass is 35.5. The van der Waals surface area contributed by atoms with Gasteiger partial charge in [0.05, 0.1) is 25.3 Å². The molecular weight excluding hydrogens is 388 g/mol. The summed E-state index contributed by atoms with van der Waals surface area (Å²) >= 11 is 6.00. The Morgan fingerprint density at radius 2 is 1.03 bits per heavy atom. The maximum absolute atomic E-state index is 11.7. The second-order valence-corrected chi connectivity index (χ2v) is 6.68. The zero-order valence-corrected chi connectivity index (χ0v) is 16.8. The van der Waals surface area contributed by atoms with Gasteiger partial charge in [0.15, 0.2) is 0 Å². The topological polar surface area (TPSA) is 52.6 Å². The van der Waals surface area contributed by atoms with Gasteiger partial charge in [0.25, 0.3) is 0 Å². The highest BCUT2D eigenvalue weighted by Gasteiger charge is 2.11. The summed E-state index contributed by atoms with van der Waals surface area (Å²) in [5.74, 6) is -0.774. The van der Waals surface area contributed by atoms with Crippen LogP contribution in [-0.4, -0.2) is 26.2 Å². The first-order valence-corrected chi connectivity index (χ1v) is 9.24. The highest BCUT2D eigenvalue weighted by Crippen LogP contribution is 2.27. The third kappa shape index (κ3) is 4.92. The molecule has 0 aliphatic heterocycles. The first-order chi connectivity index (χ1) is 14.0. The number of ether oxygens (including phenoxy) is 2. The summed E-state index contributed by atoms with van der Waals surface area (Å²) in [5.41, 5.74) is 4.68. The largest absolute Gasteiger partial charge is 0.465 e. The Morgan fingerprint density at radius 3 is 1.41 bits per heavy atom. The van der Waals surface area contributed by atoms with E-state index in [-0.39, 0.29) is 11.9 Å². The number of methoxy groups -OCH3 is 2. The van der Waals surface area contributed by atoms with Crippen molar-refractivity contribution in [2.75, 3.05) is 14.2 Å². The number of halogens is 1. The molecule has 0 aliphatic carbocycles. The maximum atomic E-state index is 11.7. The van der Waals surface area contributed by atoms with E-state index in [0.717, 1.165) is 22.3 Å². The van der Waals surface area contributed by atoms with Gasteiger partial charge in [0.2, 0.25) is 0 Å². The van der Waals surface area contributed by atoms with Crippen LogP contribution in [0.5, 0.6) is 0 Å². The van der Waals surface area contributed by atoms with Crippen LogP contribution < -0.4 is 0 Å². The second-order valence-electron chi connectivity index (χ2n) is 6.25. The molecule has 4 nitrogen and oxygen atoms in total. The van der Waals surface area contributed by atoms with Crippen molar-refractivity contribution in [1.82, 2.24) is 0 Å². The van der Waals surface area contributed by atoms with E-state index < -0.39 is 0 Å². The summed E-state index contributed by atoms with van der Waals surface area (Å²) in [6.07, 6.45) is 2.02. The fraction of sp³-hybridized carbons (Fsp3) is 0.0833. The van der Waals surface area contributed by atoms with Crippen molar-refractivity contribution >= 4 is 35.2 Å². The minimum absolute atomic E-state index is 0.387. The third-order valence-electron chi connectivity index (χ3n) is 4.42. The summed E-state index contributed by atoms with van der Waals surface area (Å²) < 4.78 is 9.53. The zero-order chi connectivity index (χ0) is 20.8. The van der Waals surface area contributed by atoms with Crippen molar-refractivity contribution in [2.24, 2.45) is 0 Å². The van der Waals surface area contributed by atoms with Crippen molar-refractivity contribution in [2.45, 2.75) is 0 Å². The van der Waals surface area contributed by atoms with E-state index in [4.69, 9.17) is 21.1 Å². The van der Waals surface area contributed by atoms with Gasteiger partial charge in [0.1, 0.15) is 0 Å². The first kappa shape index (κ1) is 20.4. The van der Waals surface area contributed by atoms with Crippen LogP contribution in [0, 0.1) is 0 Å². The SMILES string of the molecule is COC(=O)c1ccc(C(=Cc2ccc(Cl)cc2)c2ccc(C(=O)OC)cc2)cc1. The molecule has 0 spiro atoms. The highest BCUT2D eigenvalue weighted by molar-refractivity contribution is 6.30. The molecule has 0 saturated heterocycles. The number of hydrogen-bond donors (Lipinski definition) is 0. The Balaban J connectivity index is 2.05. The van der Waals surface area contributed by atoms with Gasteiger partial charge in [-0.3, -0.25) is 0 Å². The van der Waals surface area contributed by atoms with Crippen LogP contribution in [-0.2, 0) is 9.47 Å². The molecule has 3 rings (SSSR count). The number of benzene rings is 3. The molecule has 0 fully saturated rings. The van der Waals surface area contributed by atoms with Crippen LogP contribution in [0.4, 0.5) is 0 Å². The molecule has 0 bridgehead atoms. The molecule has 5 heteroatoms. The van der Waals surface area contributed by atoms with Gasteiger partial charge in [-0.2, -0.15) is 0 Å². The van der Waals surface area contributed by atoms with Crippen LogP contribution in [0.3, 0.4) is 0 Å². The lowest BCUT2D eigenvalue weighted by Gasteiger charge is -2.11. The van der Waals surface area contributed by atoms with Crippen LogP contribution in [0.25, 0.3) is 11.6 Å². The Kier molecular flexibility index (Phi) is 6.47. The summed E-state index contributed by atoms with van der Waals surface area (Å²) in [6.45, 7) is 0. The van der Waals surface area contributed by atoms with Crippen LogP contribution in [0.15, 0.2) is 72.8 Å². The predicted octanol–water partition coefficient (Wildman–Crippen LogP) is 5.50. The average molecular weight is 407 g/mol. The van der Waals surface area contributed by atoms with E-state index in [1.165, 1.54) is 14.2 Å². The summed E-state index contributed by atoms with van der Waals surface area (Å²) in [5, 5.41) is 0.661. The van der Waals surface area contributed by atoms with Crippen LogP contribution in [0.1, 0.15) is 37.4 Å². The van der Waals surface area contributed by atoms with E-state index in [1.54, 1.807) is 24.3 Å². The monoisotopic (exact) mass is 406 g/mol. The molecule has 0 amide bonds. The van der Waals surface area contributed by atoms with Crippen molar-refractivity contribution in [3.63, 3.8) is 0 Å². The summed E-state index contributed by atoms with van der Waals surface area (Å²) in [6, 6.07) is 21.8. The lowest BCUT2D eigenvalue weighted by molar-refractivity contribution is 0.0592. The molecule has 3 aromatic carbocycles. The molecule has 3 aromatic rings. The lowest BCUT2D eigenvalue weighted by Crippen LogP contribution is -2.02. The van der Waals surface area contributed by atoms with Crippen molar-refractivity contribution in [1.29, 1.82) is 0 Å². The quantitative estimate of drug-likeness (QED) is 0.414. The Bertz CT molecular complexity index is 972. The normalized spacial score (nSPS) is 10.2. The minimum Gasteiger partial charge on any atom is -0.465 e. The van der Waals surface area contributed by atoms with E-state index in [1.807, 2.05) is 54.6 Å². The molecule has 0 atom stereocenters. The van der Waals surface area contributed by atoms with Gasteiger partial charge in [-0.15, -0.1) is 0 Å². The number of hydrogen-bond acceptors (Lipinski definition) is 4. The molecule has 29 heavy (non-hydrogen) atoms. The smallest absolute Gasteiger partial charge is 0.337 e. The number of rotatable bonds is 5. The van der Waals surface area contributed by atoms with Crippen molar-refractivity contribution in [3.05, 3.63) is 106 Å². The average Bonchev–Trinajstić information content (AvgIpc) is 2.78. The Morgan fingerprint density at radius 1 is 0.655 bits per heavy atom. The summed E-state index contributed by atoms with van der Waals surface area (Å²) in [4.78, 5) is 23.4.